The maximum Gasteiger partial charge on any atom is 0.192 e. The molecule has 2 nitrogen and oxygen atoms in total. The molecule has 2 heteroatoms. The van der Waals surface area contributed by atoms with Crippen molar-refractivity contribution >= 4 is 5.90 Å². The van der Waals surface area contributed by atoms with E-state index in [9.17, 15) is 0 Å². The molecule has 1 fully saturated rings. The zero-order valence-corrected chi connectivity index (χ0v) is 10.3. The summed E-state index contributed by atoms with van der Waals surface area (Å²) in [6.07, 6.45) is 6.83. The molecule has 0 aromatic heterocycles. The minimum Gasteiger partial charge on any atom is -0.447 e. The molecule has 1 aliphatic carbocycles. The summed E-state index contributed by atoms with van der Waals surface area (Å²) in [5.74, 6) is 3.05. The highest BCUT2D eigenvalue weighted by Crippen LogP contribution is 2.33. The lowest BCUT2D eigenvalue weighted by atomic mass is 9.85. The van der Waals surface area contributed by atoms with Crippen molar-refractivity contribution in [3.05, 3.63) is 24.0 Å². The number of ether oxygens (including phenoxy) is 1. The van der Waals surface area contributed by atoms with Crippen LogP contribution in [0.3, 0.4) is 0 Å². The van der Waals surface area contributed by atoms with Crippen LogP contribution in [0.2, 0.25) is 0 Å². The third-order valence-electron chi connectivity index (χ3n) is 3.35. The van der Waals surface area contributed by atoms with E-state index < -0.39 is 0 Å². The molecule has 1 heterocycles. The Morgan fingerprint density at radius 2 is 2.06 bits per heavy atom. The summed E-state index contributed by atoms with van der Waals surface area (Å²) in [5.41, 5.74) is 1.39. The smallest absolute Gasteiger partial charge is 0.192 e. The largest absolute Gasteiger partial charge is 0.447 e. The minimum atomic E-state index is 0.391. The van der Waals surface area contributed by atoms with Gasteiger partial charge in [-0.15, -0.1) is 0 Å². The molecular formula is C14H21NO. The van der Waals surface area contributed by atoms with E-state index in [1.54, 1.807) is 0 Å². The molecule has 1 aliphatic heterocycles. The Kier molecular flexibility index (Phi) is 3.47. The fourth-order valence-corrected chi connectivity index (χ4v) is 2.28. The molecule has 0 aromatic rings. The quantitative estimate of drug-likeness (QED) is 0.649. The number of hydrogen-bond donors (Lipinski definition) is 0. The third-order valence-corrected chi connectivity index (χ3v) is 3.35. The van der Waals surface area contributed by atoms with Crippen molar-refractivity contribution in [3.8, 4) is 0 Å². The topological polar surface area (TPSA) is 21.6 Å². The molecule has 0 amide bonds. The van der Waals surface area contributed by atoms with Crippen LogP contribution in [0.1, 0.15) is 39.5 Å². The molecule has 16 heavy (non-hydrogen) atoms. The van der Waals surface area contributed by atoms with Gasteiger partial charge in [0.05, 0.1) is 6.54 Å². The number of aliphatic imine (C=N–C) groups is 1. The molecule has 0 bridgehead atoms. The summed E-state index contributed by atoms with van der Waals surface area (Å²) in [7, 11) is 0. The third kappa shape index (κ3) is 2.55. The van der Waals surface area contributed by atoms with E-state index in [0.717, 1.165) is 31.0 Å². The van der Waals surface area contributed by atoms with E-state index in [1.807, 2.05) is 0 Å². The van der Waals surface area contributed by atoms with Gasteiger partial charge >= 0.3 is 0 Å². The average Bonchev–Trinajstić information content (AvgIpc) is 2.30. The zero-order valence-electron chi connectivity index (χ0n) is 10.3. The normalized spacial score (nSPS) is 22.8. The molecule has 2 aliphatic rings. The summed E-state index contributed by atoms with van der Waals surface area (Å²) in [6.45, 7) is 9.10. The minimum absolute atomic E-state index is 0.391. The van der Waals surface area contributed by atoms with Crippen LogP contribution in [0.4, 0.5) is 0 Å². The lowest BCUT2D eigenvalue weighted by Crippen LogP contribution is -2.22. The Morgan fingerprint density at radius 1 is 1.38 bits per heavy atom. The molecule has 0 unspecified atom stereocenters. The molecule has 0 atom stereocenters. The van der Waals surface area contributed by atoms with Crippen LogP contribution in [-0.2, 0) is 4.74 Å². The van der Waals surface area contributed by atoms with Gasteiger partial charge in [-0.05, 0) is 31.8 Å². The lowest BCUT2D eigenvalue weighted by Gasteiger charge is -2.28. The number of nitrogens with zero attached hydrogens (tertiary/aromatic N) is 1. The second kappa shape index (κ2) is 4.86. The van der Waals surface area contributed by atoms with Crippen molar-refractivity contribution in [2.24, 2.45) is 16.8 Å². The zero-order chi connectivity index (χ0) is 11.5. The van der Waals surface area contributed by atoms with Crippen molar-refractivity contribution in [2.45, 2.75) is 39.5 Å². The van der Waals surface area contributed by atoms with E-state index >= 15 is 0 Å². The van der Waals surface area contributed by atoms with Crippen molar-refractivity contribution in [3.63, 3.8) is 0 Å². The first-order chi connectivity index (χ1) is 7.66. The van der Waals surface area contributed by atoms with E-state index in [0.29, 0.717) is 11.8 Å². The van der Waals surface area contributed by atoms with E-state index in [2.05, 4.69) is 31.5 Å². The van der Waals surface area contributed by atoms with Crippen molar-refractivity contribution in [1.82, 2.24) is 0 Å². The Morgan fingerprint density at radius 3 is 2.69 bits per heavy atom. The predicted molar refractivity (Wildman–Crippen MR) is 67.4 cm³/mol. The summed E-state index contributed by atoms with van der Waals surface area (Å²) >= 11 is 0. The lowest BCUT2D eigenvalue weighted by molar-refractivity contribution is 0.281. The van der Waals surface area contributed by atoms with E-state index in [1.165, 1.54) is 18.4 Å². The summed E-state index contributed by atoms with van der Waals surface area (Å²) in [4.78, 5) is 4.39. The molecule has 0 radical (unpaired) electrons. The molecule has 88 valence electrons. The molecule has 0 aromatic carbocycles. The van der Waals surface area contributed by atoms with Crippen LogP contribution in [0.15, 0.2) is 29.0 Å². The van der Waals surface area contributed by atoms with Crippen LogP contribution < -0.4 is 0 Å². The molecule has 0 saturated heterocycles. The number of hydrogen-bond acceptors (Lipinski definition) is 2. The van der Waals surface area contributed by atoms with Gasteiger partial charge in [0, 0.05) is 11.8 Å². The maximum absolute atomic E-state index is 5.90. The van der Waals surface area contributed by atoms with Gasteiger partial charge in [0.1, 0.15) is 5.76 Å². The van der Waals surface area contributed by atoms with Crippen LogP contribution in [0, 0.1) is 11.8 Å². The number of allylic oxidation sites excluding steroid dienone is 2. The van der Waals surface area contributed by atoms with Gasteiger partial charge in [-0.3, -0.25) is 4.99 Å². The van der Waals surface area contributed by atoms with Gasteiger partial charge in [0.15, 0.2) is 5.90 Å². The Balaban J connectivity index is 1.96. The van der Waals surface area contributed by atoms with Gasteiger partial charge in [0.2, 0.25) is 0 Å². The van der Waals surface area contributed by atoms with Crippen molar-refractivity contribution in [2.75, 3.05) is 6.54 Å². The molecule has 0 spiro atoms. The van der Waals surface area contributed by atoms with Gasteiger partial charge in [-0.2, -0.15) is 0 Å². The van der Waals surface area contributed by atoms with Crippen LogP contribution in [-0.4, -0.2) is 12.4 Å². The molecule has 2 rings (SSSR count). The summed E-state index contributed by atoms with van der Waals surface area (Å²) in [6, 6.07) is 0. The Hall–Kier alpha value is -1.05. The Bertz CT molecular complexity index is 329. The second-order valence-corrected chi connectivity index (χ2v) is 5.07. The van der Waals surface area contributed by atoms with Crippen molar-refractivity contribution in [1.29, 1.82) is 0 Å². The first kappa shape index (κ1) is 11.4. The van der Waals surface area contributed by atoms with E-state index in [4.69, 9.17) is 4.74 Å². The second-order valence-electron chi connectivity index (χ2n) is 5.07. The first-order valence-electron chi connectivity index (χ1n) is 6.25. The standard InChI is InChI=1S/C14H21NO/c1-10(2)14-15-9-8-13(16-14)12-6-4-11(3)5-7-12/h8,10,12H,3-7,9H2,1-2H3. The number of rotatable bonds is 2. The highest BCUT2D eigenvalue weighted by molar-refractivity contribution is 5.79. The SMILES string of the molecule is C=C1CCC(C2=CCN=C(C(C)C)O2)CC1. The van der Waals surface area contributed by atoms with Gasteiger partial charge in [0.25, 0.3) is 0 Å². The highest BCUT2D eigenvalue weighted by atomic mass is 16.5. The van der Waals surface area contributed by atoms with Gasteiger partial charge in [-0.25, -0.2) is 0 Å². The van der Waals surface area contributed by atoms with Crippen LogP contribution >= 0.6 is 0 Å². The van der Waals surface area contributed by atoms with Crippen LogP contribution in [0.5, 0.6) is 0 Å². The van der Waals surface area contributed by atoms with E-state index in [-0.39, 0.29) is 0 Å². The van der Waals surface area contributed by atoms with Gasteiger partial charge in [-0.1, -0.05) is 26.0 Å². The fraction of sp³-hybridized carbons (Fsp3) is 0.643. The Labute approximate surface area is 98.1 Å². The predicted octanol–water partition coefficient (Wildman–Crippen LogP) is 3.70. The van der Waals surface area contributed by atoms with Crippen LogP contribution in [0.25, 0.3) is 0 Å². The molecular weight excluding hydrogens is 198 g/mol. The first-order valence-corrected chi connectivity index (χ1v) is 6.25. The maximum atomic E-state index is 5.90. The monoisotopic (exact) mass is 219 g/mol. The summed E-state index contributed by atoms with van der Waals surface area (Å²) < 4.78 is 5.90. The molecule has 0 N–H and O–H groups in total. The summed E-state index contributed by atoms with van der Waals surface area (Å²) in [5, 5.41) is 0. The van der Waals surface area contributed by atoms with Crippen molar-refractivity contribution < 1.29 is 4.74 Å². The molecule has 1 saturated carbocycles. The fourth-order valence-electron chi connectivity index (χ4n) is 2.28. The average molecular weight is 219 g/mol. The van der Waals surface area contributed by atoms with Gasteiger partial charge < -0.3 is 4.74 Å². The highest BCUT2D eigenvalue weighted by Gasteiger charge is 2.24.